The Morgan fingerprint density at radius 2 is 1.97 bits per heavy atom. The van der Waals surface area contributed by atoms with E-state index in [0.717, 1.165) is 17.5 Å². The molecule has 3 amide bonds. The summed E-state index contributed by atoms with van der Waals surface area (Å²) in [6, 6.07) is 6.71. The van der Waals surface area contributed by atoms with Crippen molar-refractivity contribution in [2.75, 3.05) is 33.3 Å². The van der Waals surface area contributed by atoms with Crippen LogP contribution in [0.5, 0.6) is 0 Å². The number of likely N-dealkylation sites (tertiary alicyclic amines) is 1. The van der Waals surface area contributed by atoms with Crippen LogP contribution in [0.15, 0.2) is 49.6 Å². The molecule has 2 aromatic rings. The third-order valence-electron chi connectivity index (χ3n) is 8.27. The molecule has 3 aliphatic rings. The van der Waals surface area contributed by atoms with Gasteiger partial charge in [-0.25, -0.2) is 4.68 Å². The molecule has 3 saturated heterocycles. The molecule has 3 fully saturated rings. The average Bonchev–Trinajstić information content (AvgIpc) is 3.61. The average molecular weight is 539 g/mol. The summed E-state index contributed by atoms with van der Waals surface area (Å²) in [6.07, 6.45) is 4.07. The van der Waals surface area contributed by atoms with Gasteiger partial charge in [0.1, 0.15) is 18.2 Å². The summed E-state index contributed by atoms with van der Waals surface area (Å²) in [7, 11) is 1.72. The van der Waals surface area contributed by atoms with Crippen molar-refractivity contribution in [3.05, 3.63) is 49.6 Å². The van der Waals surface area contributed by atoms with Crippen molar-refractivity contribution in [2.45, 2.75) is 36.1 Å². The lowest BCUT2D eigenvalue weighted by Crippen LogP contribution is -2.57. The van der Waals surface area contributed by atoms with Gasteiger partial charge in [0.15, 0.2) is 0 Å². The number of β-amino-alcohol motifs (C(OH)–C–C–N with tert-alkyl or cyclic N) is 1. The molecule has 1 N–H and O–H groups in total. The number of benzene rings is 1. The van der Waals surface area contributed by atoms with Crippen molar-refractivity contribution in [3.63, 3.8) is 0 Å². The molecule has 38 heavy (non-hydrogen) atoms. The second kappa shape index (κ2) is 10.2. The van der Waals surface area contributed by atoms with Gasteiger partial charge in [-0.2, -0.15) is 0 Å². The third-order valence-corrected chi connectivity index (χ3v) is 10.3. The van der Waals surface area contributed by atoms with Crippen LogP contribution in [0.1, 0.15) is 13.3 Å². The van der Waals surface area contributed by atoms with E-state index in [1.54, 1.807) is 45.4 Å². The Hall–Kier alpha value is -3.18. The summed E-state index contributed by atoms with van der Waals surface area (Å²) in [4.78, 5) is 46.7. The maximum absolute atomic E-state index is 14.4. The first kappa shape index (κ1) is 26.4. The van der Waals surface area contributed by atoms with Gasteiger partial charge in [0, 0.05) is 31.9 Å². The molecule has 4 heterocycles. The number of thioether (sulfide) groups is 1. The van der Waals surface area contributed by atoms with Crippen LogP contribution in [0, 0.1) is 17.8 Å². The number of hydrogen-bond donors (Lipinski definition) is 1. The number of likely N-dealkylation sites (N-methyl/N-ethyl adjacent to an activating group) is 1. The number of aliphatic hydroxyl groups excluding tert-OH is 1. The van der Waals surface area contributed by atoms with E-state index in [-0.39, 0.29) is 55.3 Å². The Bertz CT molecular complexity index is 1280. The highest BCUT2D eigenvalue weighted by Crippen LogP contribution is 2.68. The Balaban J connectivity index is 1.53. The minimum atomic E-state index is -0.811. The second-order valence-electron chi connectivity index (χ2n) is 10.4. The summed E-state index contributed by atoms with van der Waals surface area (Å²) in [5.41, 5.74) is 1.51. The molecule has 6 atom stereocenters. The van der Waals surface area contributed by atoms with Crippen LogP contribution >= 0.6 is 11.8 Å². The molecule has 5 rings (SSSR count). The van der Waals surface area contributed by atoms with Crippen LogP contribution < -0.4 is 0 Å². The largest absolute Gasteiger partial charge is 0.395 e. The number of hydrogen-bond acceptors (Lipinski definition) is 7. The van der Waals surface area contributed by atoms with Crippen molar-refractivity contribution in [1.82, 2.24) is 29.7 Å². The lowest BCUT2D eigenvalue weighted by Gasteiger charge is -2.40. The zero-order chi connectivity index (χ0) is 27.2. The summed E-state index contributed by atoms with van der Waals surface area (Å²) in [5, 5.41) is 18.3. The van der Waals surface area contributed by atoms with E-state index in [9.17, 15) is 19.5 Å². The SMILES string of the molecule is C=CCN(C)C(=O)[C@@H]1[C@@H]2CC(C)C3(S2)C(C(=O)N(CC=C)Cn2nnc4ccccc42)N(CCO)C(=O)[C@H]13. The van der Waals surface area contributed by atoms with E-state index in [1.165, 1.54) is 4.90 Å². The first-order valence-corrected chi connectivity index (χ1v) is 13.8. The molecule has 0 radical (unpaired) electrons. The first-order valence-electron chi connectivity index (χ1n) is 12.9. The normalized spacial score (nSPS) is 29.5. The van der Waals surface area contributed by atoms with Gasteiger partial charge in [-0.3, -0.25) is 14.4 Å². The number of fused-ring (bicyclic) bond motifs is 2. The van der Waals surface area contributed by atoms with Gasteiger partial charge in [0.25, 0.3) is 0 Å². The van der Waals surface area contributed by atoms with Gasteiger partial charge in [-0.1, -0.05) is 36.4 Å². The van der Waals surface area contributed by atoms with E-state index in [0.29, 0.717) is 6.54 Å². The first-order chi connectivity index (χ1) is 18.3. The number of aliphatic hydroxyl groups is 1. The lowest BCUT2D eigenvalue weighted by atomic mass is 9.65. The molecule has 11 heteroatoms. The Labute approximate surface area is 226 Å². The van der Waals surface area contributed by atoms with Crippen molar-refractivity contribution < 1.29 is 19.5 Å². The van der Waals surface area contributed by atoms with E-state index in [4.69, 9.17) is 0 Å². The fourth-order valence-corrected chi connectivity index (χ4v) is 9.11. The highest BCUT2D eigenvalue weighted by atomic mass is 32.2. The van der Waals surface area contributed by atoms with Gasteiger partial charge in [-0.15, -0.1) is 30.0 Å². The van der Waals surface area contributed by atoms with Gasteiger partial charge in [0.05, 0.1) is 28.7 Å². The Morgan fingerprint density at radius 3 is 2.68 bits per heavy atom. The molecule has 1 aromatic carbocycles. The standard InChI is InChI=1S/C27H34N6O4S/c1-5-11-30(4)24(35)21-20-15-17(3)27(38-20)22(21)25(36)32(13-14-34)23(27)26(37)31(12-6-2)16-33-19-10-8-7-9-18(19)28-29-33/h5-10,17,20-23,34H,1-2,11-16H2,3-4H3/t17?,20-,21+,22-,23?,27?/m0/s1. The Kier molecular flexibility index (Phi) is 7.08. The monoisotopic (exact) mass is 538 g/mol. The topological polar surface area (TPSA) is 112 Å². The lowest BCUT2D eigenvalue weighted by molar-refractivity contribution is -0.145. The number of aromatic nitrogens is 3. The van der Waals surface area contributed by atoms with Gasteiger partial charge < -0.3 is 19.8 Å². The summed E-state index contributed by atoms with van der Waals surface area (Å²) in [5.74, 6) is -1.66. The number of amides is 3. The zero-order valence-corrected chi connectivity index (χ0v) is 22.6. The molecule has 2 bridgehead atoms. The molecule has 3 aliphatic heterocycles. The minimum absolute atomic E-state index is 0.0308. The van der Waals surface area contributed by atoms with Crippen LogP contribution in [0.4, 0.5) is 0 Å². The third kappa shape index (κ3) is 3.86. The summed E-state index contributed by atoms with van der Waals surface area (Å²) < 4.78 is 0.908. The maximum atomic E-state index is 14.4. The number of rotatable bonds is 10. The quantitative estimate of drug-likeness (QED) is 0.455. The summed E-state index contributed by atoms with van der Waals surface area (Å²) >= 11 is 1.62. The minimum Gasteiger partial charge on any atom is -0.395 e. The van der Waals surface area contributed by atoms with E-state index in [1.807, 2.05) is 24.3 Å². The number of nitrogens with zero attached hydrogens (tertiary/aromatic N) is 6. The predicted molar refractivity (Wildman–Crippen MR) is 145 cm³/mol. The second-order valence-corrected chi connectivity index (χ2v) is 11.9. The van der Waals surface area contributed by atoms with Crippen molar-refractivity contribution in [1.29, 1.82) is 0 Å². The highest BCUT2D eigenvalue weighted by Gasteiger charge is 2.76. The van der Waals surface area contributed by atoms with Crippen LogP contribution in [0.3, 0.4) is 0 Å². The number of carbonyl (C=O) groups excluding carboxylic acids is 3. The van der Waals surface area contributed by atoms with Crippen molar-refractivity contribution >= 4 is 40.5 Å². The highest BCUT2D eigenvalue weighted by molar-refractivity contribution is 8.02. The van der Waals surface area contributed by atoms with Crippen LogP contribution in [0.2, 0.25) is 0 Å². The molecular formula is C27H34N6O4S. The molecule has 0 aliphatic carbocycles. The van der Waals surface area contributed by atoms with E-state index in [2.05, 4.69) is 30.4 Å². The molecular weight excluding hydrogens is 504 g/mol. The number of carbonyl (C=O) groups is 3. The number of para-hydroxylation sites is 1. The molecule has 0 saturated carbocycles. The zero-order valence-electron chi connectivity index (χ0n) is 21.8. The molecule has 10 nitrogen and oxygen atoms in total. The van der Waals surface area contributed by atoms with Gasteiger partial charge in [0.2, 0.25) is 17.7 Å². The Morgan fingerprint density at radius 1 is 1.24 bits per heavy atom. The molecule has 202 valence electrons. The van der Waals surface area contributed by atoms with E-state index >= 15 is 0 Å². The van der Waals surface area contributed by atoms with Crippen molar-refractivity contribution in [2.24, 2.45) is 17.8 Å². The van der Waals surface area contributed by atoms with Crippen LogP contribution in [0.25, 0.3) is 11.0 Å². The van der Waals surface area contributed by atoms with Crippen LogP contribution in [-0.4, -0.2) is 102 Å². The summed E-state index contributed by atoms with van der Waals surface area (Å²) in [6.45, 7) is 10.2. The fourth-order valence-electron chi connectivity index (χ4n) is 6.70. The van der Waals surface area contributed by atoms with Crippen molar-refractivity contribution in [3.8, 4) is 0 Å². The van der Waals surface area contributed by atoms with Crippen LogP contribution in [-0.2, 0) is 21.1 Å². The molecule has 1 aromatic heterocycles. The predicted octanol–water partition coefficient (Wildman–Crippen LogP) is 1.38. The fraction of sp³-hybridized carbons (Fsp3) is 0.519. The van der Waals surface area contributed by atoms with Gasteiger partial charge >= 0.3 is 0 Å². The smallest absolute Gasteiger partial charge is 0.248 e. The maximum Gasteiger partial charge on any atom is 0.248 e. The molecule has 1 spiro atoms. The van der Waals surface area contributed by atoms with Gasteiger partial charge in [-0.05, 0) is 24.5 Å². The van der Waals surface area contributed by atoms with E-state index < -0.39 is 22.6 Å². The molecule has 3 unspecified atom stereocenters.